The lowest BCUT2D eigenvalue weighted by atomic mass is 10.2. The van der Waals surface area contributed by atoms with E-state index in [4.69, 9.17) is 16.9 Å². The largest absolute Gasteiger partial charge is 0.435 e. The maximum Gasteiger partial charge on any atom is 0.387 e. The molecule has 0 aliphatic rings. The number of halogens is 3. The molecule has 0 radical (unpaired) electrons. The number of sulfone groups is 1. The minimum Gasteiger partial charge on any atom is -0.435 e. The Hall–Kier alpha value is -3.23. The van der Waals surface area contributed by atoms with Gasteiger partial charge in [-0.05, 0) is 30.3 Å². The fourth-order valence-electron chi connectivity index (χ4n) is 2.66. The predicted octanol–water partition coefficient (Wildman–Crippen LogP) is 2.29. The van der Waals surface area contributed by atoms with Crippen LogP contribution in [0.3, 0.4) is 0 Å². The molecule has 12 heteroatoms. The van der Waals surface area contributed by atoms with Crippen LogP contribution < -0.4 is 15.4 Å². The number of hydrogen-bond donors (Lipinski definition) is 2. The molecule has 32 heavy (non-hydrogen) atoms. The van der Waals surface area contributed by atoms with Crippen molar-refractivity contribution in [1.29, 1.82) is 5.26 Å². The van der Waals surface area contributed by atoms with Crippen molar-refractivity contribution in [3.63, 3.8) is 0 Å². The van der Waals surface area contributed by atoms with E-state index in [1.807, 2.05) is 0 Å². The molecule has 1 atom stereocenters. The lowest BCUT2D eigenvalue weighted by Crippen LogP contribution is -2.50. The molecule has 170 valence electrons. The Morgan fingerprint density at radius 3 is 2.41 bits per heavy atom. The van der Waals surface area contributed by atoms with E-state index in [1.54, 1.807) is 6.07 Å². The van der Waals surface area contributed by atoms with Gasteiger partial charge in [0.05, 0.1) is 17.6 Å². The number of ether oxygens (including phenoxy) is 1. The van der Waals surface area contributed by atoms with Gasteiger partial charge in [-0.3, -0.25) is 9.59 Å². The number of nitrogens with zero attached hydrogens (tertiary/aromatic N) is 1. The quantitative estimate of drug-likeness (QED) is 0.497. The van der Waals surface area contributed by atoms with Gasteiger partial charge >= 0.3 is 6.61 Å². The number of benzene rings is 2. The van der Waals surface area contributed by atoms with Gasteiger partial charge in [0.15, 0.2) is 9.84 Å². The number of alkyl halides is 2. The molecular formula is C20H18ClF2N3O5S. The molecule has 0 fully saturated rings. The molecule has 0 aliphatic heterocycles. The summed E-state index contributed by atoms with van der Waals surface area (Å²) in [6, 6.07) is 11.1. The molecule has 2 amide bonds. The van der Waals surface area contributed by atoms with Crippen molar-refractivity contribution in [2.24, 2.45) is 0 Å². The first kappa shape index (κ1) is 25.0. The van der Waals surface area contributed by atoms with Gasteiger partial charge in [0.2, 0.25) is 5.91 Å². The molecular weight excluding hydrogens is 468 g/mol. The molecule has 0 saturated heterocycles. The maximum atomic E-state index is 12.7. The molecule has 0 unspecified atom stereocenters. The van der Waals surface area contributed by atoms with Crippen LogP contribution in [0.2, 0.25) is 5.02 Å². The van der Waals surface area contributed by atoms with Crippen molar-refractivity contribution in [1.82, 2.24) is 10.6 Å². The monoisotopic (exact) mass is 485 g/mol. The van der Waals surface area contributed by atoms with E-state index in [0.717, 1.165) is 0 Å². The molecule has 2 rings (SSSR count). The van der Waals surface area contributed by atoms with Gasteiger partial charge in [-0.15, -0.1) is 0 Å². The summed E-state index contributed by atoms with van der Waals surface area (Å²) < 4.78 is 55.0. The molecule has 2 aromatic rings. The molecule has 2 aromatic carbocycles. The van der Waals surface area contributed by atoms with Crippen LogP contribution in [0.25, 0.3) is 0 Å². The zero-order valence-corrected chi connectivity index (χ0v) is 18.0. The van der Waals surface area contributed by atoms with E-state index < -0.39 is 52.4 Å². The molecule has 0 aliphatic carbocycles. The lowest BCUT2D eigenvalue weighted by molar-refractivity contribution is -0.122. The van der Waals surface area contributed by atoms with Gasteiger partial charge in [0.25, 0.3) is 5.91 Å². The Morgan fingerprint density at radius 2 is 1.78 bits per heavy atom. The van der Waals surface area contributed by atoms with Gasteiger partial charge in [-0.1, -0.05) is 29.8 Å². The van der Waals surface area contributed by atoms with Crippen molar-refractivity contribution in [2.45, 2.75) is 18.4 Å². The Kier molecular flexibility index (Phi) is 8.92. The fraction of sp³-hybridized carbons (Fsp3) is 0.250. The van der Waals surface area contributed by atoms with Crippen molar-refractivity contribution < 1.29 is 31.5 Å². The maximum absolute atomic E-state index is 12.7. The average molecular weight is 486 g/mol. The average Bonchev–Trinajstić information content (AvgIpc) is 2.72. The number of hydrogen-bond acceptors (Lipinski definition) is 6. The van der Waals surface area contributed by atoms with Crippen LogP contribution in [-0.4, -0.2) is 45.2 Å². The van der Waals surface area contributed by atoms with Crippen LogP contribution in [0, 0.1) is 11.3 Å². The molecule has 0 saturated carbocycles. The van der Waals surface area contributed by atoms with Crippen molar-refractivity contribution >= 4 is 33.3 Å². The Labute approximate surface area is 188 Å². The molecule has 2 N–H and O–H groups in total. The molecule has 0 heterocycles. The standard InChI is InChI=1S/C20H18ClF2N3O5S/c21-15-7-5-13(6-8-15)18(27)26-16(19(28)25-10-9-24)12-32(29,30)11-14-3-1-2-4-17(14)31-20(22)23/h1-8,16,20H,10-12H2,(H,25,28)(H,26,27)/t16-/m0/s1. The van der Waals surface area contributed by atoms with E-state index in [9.17, 15) is 26.8 Å². The first-order valence-corrected chi connectivity index (χ1v) is 11.3. The fourth-order valence-corrected chi connectivity index (χ4v) is 4.36. The summed E-state index contributed by atoms with van der Waals surface area (Å²) in [5, 5.41) is 13.5. The van der Waals surface area contributed by atoms with Gasteiger partial charge in [-0.25, -0.2) is 8.42 Å². The second kappa shape index (κ2) is 11.4. The molecule has 0 bridgehead atoms. The second-order valence-electron chi connectivity index (χ2n) is 6.45. The highest BCUT2D eigenvalue weighted by Gasteiger charge is 2.28. The lowest BCUT2D eigenvalue weighted by Gasteiger charge is -2.18. The summed E-state index contributed by atoms with van der Waals surface area (Å²) in [6.07, 6.45) is 0. The number of carbonyl (C=O) groups is 2. The third-order valence-corrected chi connectivity index (χ3v) is 5.90. The van der Waals surface area contributed by atoms with Crippen molar-refractivity contribution in [3.05, 3.63) is 64.7 Å². The summed E-state index contributed by atoms with van der Waals surface area (Å²) >= 11 is 5.78. The van der Waals surface area contributed by atoms with E-state index in [1.165, 1.54) is 48.5 Å². The highest BCUT2D eigenvalue weighted by Crippen LogP contribution is 2.23. The van der Waals surface area contributed by atoms with E-state index >= 15 is 0 Å². The highest BCUT2D eigenvalue weighted by atomic mass is 35.5. The van der Waals surface area contributed by atoms with Crippen LogP contribution in [0.15, 0.2) is 48.5 Å². The number of para-hydroxylation sites is 1. The number of nitrogens with one attached hydrogen (secondary N) is 2. The van der Waals surface area contributed by atoms with Crippen LogP contribution in [0.1, 0.15) is 15.9 Å². The Balaban J connectivity index is 2.22. The zero-order chi connectivity index (χ0) is 23.7. The SMILES string of the molecule is N#CCNC(=O)[C@H](CS(=O)(=O)Cc1ccccc1OC(F)F)NC(=O)c1ccc(Cl)cc1. The third-order valence-electron chi connectivity index (χ3n) is 4.05. The summed E-state index contributed by atoms with van der Waals surface area (Å²) in [4.78, 5) is 24.8. The van der Waals surface area contributed by atoms with Crippen LogP contribution in [0.5, 0.6) is 5.75 Å². The first-order chi connectivity index (χ1) is 15.1. The minimum absolute atomic E-state index is 0.0342. The predicted molar refractivity (Wildman–Crippen MR) is 112 cm³/mol. The van der Waals surface area contributed by atoms with Gasteiger partial charge in [0, 0.05) is 16.1 Å². The zero-order valence-electron chi connectivity index (χ0n) is 16.4. The number of amides is 2. The van der Waals surface area contributed by atoms with E-state index in [-0.39, 0.29) is 16.9 Å². The Bertz CT molecular complexity index is 1100. The normalized spacial score (nSPS) is 12.0. The molecule has 0 aromatic heterocycles. The van der Waals surface area contributed by atoms with Crippen LogP contribution >= 0.6 is 11.6 Å². The summed E-state index contributed by atoms with van der Waals surface area (Å²) in [5.41, 5.74) is 0.0913. The number of carbonyl (C=O) groups excluding carboxylic acids is 2. The minimum atomic E-state index is -4.10. The van der Waals surface area contributed by atoms with Crippen LogP contribution in [-0.2, 0) is 20.4 Å². The highest BCUT2D eigenvalue weighted by molar-refractivity contribution is 7.90. The molecule has 0 spiro atoms. The first-order valence-electron chi connectivity index (χ1n) is 9.05. The Morgan fingerprint density at radius 1 is 1.12 bits per heavy atom. The number of rotatable bonds is 10. The van der Waals surface area contributed by atoms with Gasteiger partial charge in [-0.2, -0.15) is 14.0 Å². The topological polar surface area (TPSA) is 125 Å². The second-order valence-corrected chi connectivity index (χ2v) is 9.00. The van der Waals surface area contributed by atoms with Crippen molar-refractivity contribution in [3.8, 4) is 11.8 Å². The van der Waals surface area contributed by atoms with Gasteiger partial charge in [0.1, 0.15) is 18.3 Å². The summed E-state index contributed by atoms with van der Waals surface area (Å²) in [7, 11) is -4.10. The molecule has 8 nitrogen and oxygen atoms in total. The smallest absolute Gasteiger partial charge is 0.387 e. The van der Waals surface area contributed by atoms with E-state index in [2.05, 4.69) is 15.4 Å². The van der Waals surface area contributed by atoms with Gasteiger partial charge < -0.3 is 15.4 Å². The van der Waals surface area contributed by atoms with E-state index in [0.29, 0.717) is 5.02 Å². The third kappa shape index (κ3) is 7.79. The number of nitriles is 1. The van der Waals surface area contributed by atoms with Crippen molar-refractivity contribution in [2.75, 3.05) is 12.3 Å². The summed E-state index contributed by atoms with van der Waals surface area (Å²) in [5.74, 6) is -3.51. The van der Waals surface area contributed by atoms with Crippen LogP contribution in [0.4, 0.5) is 8.78 Å². The summed E-state index contributed by atoms with van der Waals surface area (Å²) in [6.45, 7) is -3.56.